The first-order valence-corrected chi connectivity index (χ1v) is 7.80. The normalized spacial score (nSPS) is 27.5. The van der Waals surface area contributed by atoms with Crippen LogP contribution in [0.4, 0.5) is 5.69 Å². The van der Waals surface area contributed by atoms with E-state index >= 15 is 0 Å². The number of benzene rings is 1. The zero-order valence-electron chi connectivity index (χ0n) is 12.9. The van der Waals surface area contributed by atoms with Gasteiger partial charge in [-0.3, -0.25) is 9.59 Å². The van der Waals surface area contributed by atoms with Crippen molar-refractivity contribution in [1.82, 2.24) is 5.43 Å². The molecule has 2 N–H and O–H groups in total. The van der Waals surface area contributed by atoms with E-state index in [9.17, 15) is 9.59 Å². The van der Waals surface area contributed by atoms with Crippen LogP contribution in [0.1, 0.15) is 38.7 Å². The standard InChI is InChI=1S/C17H21N3O2/c1-10-7-13(8-10)17(22)18-14-5-3-12(4-6-14)16-11(2)9-15(21)19-20-16/h3-6,10-11,13H,7-9H2,1-2H3,(H,18,22)(H,19,21)/t10-,11?,13-. The van der Waals surface area contributed by atoms with Crippen LogP contribution >= 0.6 is 0 Å². The molecule has 1 aliphatic carbocycles. The molecule has 1 atom stereocenters. The van der Waals surface area contributed by atoms with E-state index < -0.39 is 0 Å². The van der Waals surface area contributed by atoms with E-state index in [-0.39, 0.29) is 23.7 Å². The third kappa shape index (κ3) is 3.03. The number of rotatable bonds is 3. The Balaban J connectivity index is 1.65. The number of nitrogens with zero attached hydrogens (tertiary/aromatic N) is 1. The SMILES string of the molecule is CC1CC(=O)NN=C1c1ccc(NC(=O)[C@H]2C[C@H](C)C2)cc1. The molecule has 1 aromatic carbocycles. The van der Waals surface area contributed by atoms with E-state index in [4.69, 9.17) is 0 Å². The third-order valence-electron chi connectivity index (χ3n) is 4.45. The molecular weight excluding hydrogens is 278 g/mol. The Labute approximate surface area is 130 Å². The minimum Gasteiger partial charge on any atom is -0.326 e. The van der Waals surface area contributed by atoms with Gasteiger partial charge in [-0.1, -0.05) is 26.0 Å². The van der Waals surface area contributed by atoms with Gasteiger partial charge in [-0.25, -0.2) is 5.43 Å². The monoisotopic (exact) mass is 299 g/mol. The quantitative estimate of drug-likeness (QED) is 0.900. The van der Waals surface area contributed by atoms with E-state index in [2.05, 4.69) is 22.8 Å². The Hall–Kier alpha value is -2.17. The Morgan fingerprint density at radius 3 is 2.50 bits per heavy atom. The summed E-state index contributed by atoms with van der Waals surface area (Å²) in [4.78, 5) is 23.3. The van der Waals surface area contributed by atoms with Crippen molar-refractivity contribution in [2.24, 2.45) is 22.9 Å². The van der Waals surface area contributed by atoms with Crippen LogP contribution in [0.3, 0.4) is 0 Å². The van der Waals surface area contributed by atoms with Crippen molar-refractivity contribution in [2.75, 3.05) is 5.32 Å². The van der Waals surface area contributed by atoms with Gasteiger partial charge < -0.3 is 5.32 Å². The lowest BCUT2D eigenvalue weighted by molar-refractivity contribution is -0.123. The lowest BCUT2D eigenvalue weighted by atomic mass is 9.75. The first kappa shape index (κ1) is 14.8. The summed E-state index contributed by atoms with van der Waals surface area (Å²) in [5.74, 6) is 0.994. The second-order valence-electron chi connectivity index (χ2n) is 6.48. The first-order chi connectivity index (χ1) is 10.5. The van der Waals surface area contributed by atoms with Crippen LogP contribution in [0.25, 0.3) is 0 Å². The predicted molar refractivity (Wildman–Crippen MR) is 85.4 cm³/mol. The molecule has 5 nitrogen and oxygen atoms in total. The Morgan fingerprint density at radius 1 is 1.23 bits per heavy atom. The molecule has 22 heavy (non-hydrogen) atoms. The molecule has 1 fully saturated rings. The average Bonchev–Trinajstić information content (AvgIpc) is 2.45. The second kappa shape index (κ2) is 5.91. The molecule has 116 valence electrons. The Bertz CT molecular complexity index is 615. The lowest BCUT2D eigenvalue weighted by Crippen LogP contribution is -2.33. The number of hydrogen-bond donors (Lipinski definition) is 2. The van der Waals surface area contributed by atoms with Crippen molar-refractivity contribution < 1.29 is 9.59 Å². The fourth-order valence-electron chi connectivity index (χ4n) is 3.09. The van der Waals surface area contributed by atoms with Gasteiger partial charge in [0.2, 0.25) is 11.8 Å². The summed E-state index contributed by atoms with van der Waals surface area (Å²) >= 11 is 0. The van der Waals surface area contributed by atoms with Gasteiger partial charge in [0.25, 0.3) is 0 Å². The second-order valence-corrected chi connectivity index (χ2v) is 6.48. The van der Waals surface area contributed by atoms with Gasteiger partial charge in [-0.05, 0) is 36.5 Å². The van der Waals surface area contributed by atoms with Crippen LogP contribution in [0.5, 0.6) is 0 Å². The highest BCUT2D eigenvalue weighted by atomic mass is 16.2. The average molecular weight is 299 g/mol. The molecule has 3 rings (SSSR count). The predicted octanol–water partition coefficient (Wildman–Crippen LogP) is 2.53. The summed E-state index contributed by atoms with van der Waals surface area (Å²) in [5.41, 5.74) is 5.18. The molecule has 1 heterocycles. The van der Waals surface area contributed by atoms with E-state index in [1.165, 1.54) is 0 Å². The maximum Gasteiger partial charge on any atom is 0.240 e. The first-order valence-electron chi connectivity index (χ1n) is 7.80. The van der Waals surface area contributed by atoms with Crippen molar-refractivity contribution in [1.29, 1.82) is 0 Å². The summed E-state index contributed by atoms with van der Waals surface area (Å²) in [6, 6.07) is 7.65. The molecule has 1 aliphatic heterocycles. The molecule has 1 unspecified atom stereocenters. The molecule has 2 amide bonds. The summed E-state index contributed by atoms with van der Waals surface area (Å²) < 4.78 is 0. The van der Waals surface area contributed by atoms with Gasteiger partial charge in [0.1, 0.15) is 0 Å². The van der Waals surface area contributed by atoms with Crippen molar-refractivity contribution in [3.05, 3.63) is 29.8 Å². The highest BCUT2D eigenvalue weighted by Gasteiger charge is 2.31. The van der Waals surface area contributed by atoms with Gasteiger partial charge in [0, 0.05) is 23.9 Å². The number of hydrazone groups is 1. The smallest absolute Gasteiger partial charge is 0.240 e. The molecule has 0 spiro atoms. The summed E-state index contributed by atoms with van der Waals surface area (Å²) in [5, 5.41) is 7.11. The van der Waals surface area contributed by atoms with E-state index in [0.29, 0.717) is 12.3 Å². The maximum atomic E-state index is 12.0. The maximum absolute atomic E-state index is 12.0. The van der Waals surface area contributed by atoms with Crippen molar-refractivity contribution >= 4 is 23.2 Å². The lowest BCUT2D eigenvalue weighted by Gasteiger charge is -2.31. The highest BCUT2D eigenvalue weighted by molar-refractivity contribution is 6.06. The van der Waals surface area contributed by atoms with Gasteiger partial charge in [0.15, 0.2) is 0 Å². The van der Waals surface area contributed by atoms with Gasteiger partial charge >= 0.3 is 0 Å². The van der Waals surface area contributed by atoms with E-state index in [1.54, 1.807) is 0 Å². The molecule has 5 heteroatoms. The van der Waals surface area contributed by atoms with Crippen LogP contribution in [-0.4, -0.2) is 17.5 Å². The topological polar surface area (TPSA) is 70.6 Å². The number of carbonyl (C=O) groups is 2. The van der Waals surface area contributed by atoms with Gasteiger partial charge in [-0.15, -0.1) is 0 Å². The zero-order valence-corrected chi connectivity index (χ0v) is 12.9. The molecule has 0 radical (unpaired) electrons. The number of anilines is 1. The molecule has 0 bridgehead atoms. The van der Waals surface area contributed by atoms with Crippen LogP contribution in [0.2, 0.25) is 0 Å². The van der Waals surface area contributed by atoms with Crippen molar-refractivity contribution in [2.45, 2.75) is 33.1 Å². The third-order valence-corrected chi connectivity index (χ3v) is 4.45. The molecule has 2 aliphatic rings. The zero-order chi connectivity index (χ0) is 15.7. The van der Waals surface area contributed by atoms with Crippen LogP contribution < -0.4 is 10.7 Å². The highest BCUT2D eigenvalue weighted by Crippen LogP contribution is 2.33. The van der Waals surface area contributed by atoms with Gasteiger partial charge in [0.05, 0.1) is 5.71 Å². The summed E-state index contributed by atoms with van der Waals surface area (Å²) in [6.07, 6.45) is 2.42. The molecule has 1 saturated carbocycles. The fourth-order valence-corrected chi connectivity index (χ4v) is 3.09. The van der Waals surface area contributed by atoms with Crippen LogP contribution in [-0.2, 0) is 9.59 Å². The minimum absolute atomic E-state index is 0.0464. The minimum atomic E-state index is -0.0464. The Kier molecular flexibility index (Phi) is 3.96. The molecular formula is C17H21N3O2. The molecule has 0 aromatic heterocycles. The van der Waals surface area contributed by atoms with Crippen molar-refractivity contribution in [3.63, 3.8) is 0 Å². The Morgan fingerprint density at radius 2 is 1.91 bits per heavy atom. The summed E-state index contributed by atoms with van der Waals surface area (Å²) in [6.45, 7) is 4.16. The number of hydrogen-bond acceptors (Lipinski definition) is 3. The largest absolute Gasteiger partial charge is 0.326 e. The number of amides is 2. The molecule has 0 saturated heterocycles. The van der Waals surface area contributed by atoms with Crippen LogP contribution in [0, 0.1) is 17.8 Å². The fraction of sp³-hybridized carbons (Fsp3) is 0.471. The van der Waals surface area contributed by atoms with Crippen molar-refractivity contribution in [3.8, 4) is 0 Å². The summed E-state index contributed by atoms with van der Waals surface area (Å²) in [7, 11) is 0. The van der Waals surface area contributed by atoms with E-state index in [1.807, 2.05) is 31.2 Å². The van der Waals surface area contributed by atoms with Crippen LogP contribution in [0.15, 0.2) is 29.4 Å². The number of nitrogens with one attached hydrogen (secondary N) is 2. The van der Waals surface area contributed by atoms with Gasteiger partial charge in [-0.2, -0.15) is 5.10 Å². The molecule has 1 aromatic rings. The number of carbonyl (C=O) groups excluding carboxylic acids is 2. The van der Waals surface area contributed by atoms with E-state index in [0.717, 1.165) is 29.8 Å².